The molecule has 21 heavy (non-hydrogen) atoms. The van der Waals surface area contributed by atoms with Gasteiger partial charge in [-0.25, -0.2) is 0 Å². The Morgan fingerprint density at radius 2 is 1.67 bits per heavy atom. The SMILES string of the molecule is CC(C)C(=O)N(c1ccc(Cl)cc1)[C@@H](C)C1CCCCC1. The third-order valence-electron chi connectivity index (χ3n) is 4.58. The van der Waals surface area contributed by atoms with Gasteiger partial charge in [-0.3, -0.25) is 4.79 Å². The van der Waals surface area contributed by atoms with Crippen molar-refractivity contribution in [2.45, 2.75) is 58.9 Å². The lowest BCUT2D eigenvalue weighted by molar-refractivity contribution is -0.122. The average Bonchev–Trinajstić information content (AvgIpc) is 2.50. The highest BCUT2D eigenvalue weighted by Gasteiger charge is 2.30. The normalized spacial score (nSPS) is 17.8. The minimum Gasteiger partial charge on any atom is -0.309 e. The van der Waals surface area contributed by atoms with Crippen LogP contribution in [0.15, 0.2) is 24.3 Å². The number of benzene rings is 1. The highest BCUT2D eigenvalue weighted by atomic mass is 35.5. The van der Waals surface area contributed by atoms with Crippen LogP contribution in [0.2, 0.25) is 5.02 Å². The van der Waals surface area contributed by atoms with E-state index in [4.69, 9.17) is 11.6 Å². The molecule has 1 atom stereocenters. The highest BCUT2D eigenvalue weighted by Crippen LogP contribution is 2.32. The molecule has 0 spiro atoms. The summed E-state index contributed by atoms with van der Waals surface area (Å²) in [6, 6.07) is 7.90. The van der Waals surface area contributed by atoms with Crippen molar-refractivity contribution in [1.29, 1.82) is 0 Å². The van der Waals surface area contributed by atoms with Crippen LogP contribution in [0.1, 0.15) is 52.9 Å². The summed E-state index contributed by atoms with van der Waals surface area (Å²) in [5, 5.41) is 0.709. The fourth-order valence-electron chi connectivity index (χ4n) is 3.27. The molecule has 0 radical (unpaired) electrons. The second-order valence-electron chi connectivity index (χ2n) is 6.48. The number of anilines is 1. The third kappa shape index (κ3) is 4.00. The first-order valence-electron chi connectivity index (χ1n) is 8.09. The van der Waals surface area contributed by atoms with E-state index in [9.17, 15) is 4.79 Å². The average molecular weight is 308 g/mol. The van der Waals surface area contributed by atoms with E-state index in [2.05, 4.69) is 6.92 Å². The summed E-state index contributed by atoms with van der Waals surface area (Å²) in [5.74, 6) is 0.819. The Morgan fingerprint density at radius 1 is 1.10 bits per heavy atom. The smallest absolute Gasteiger partial charge is 0.229 e. The summed E-state index contributed by atoms with van der Waals surface area (Å²) in [6.45, 7) is 6.14. The molecule has 0 heterocycles. The zero-order valence-electron chi connectivity index (χ0n) is 13.3. The molecule has 1 amide bonds. The van der Waals surface area contributed by atoms with Crippen LogP contribution in [0.4, 0.5) is 5.69 Å². The van der Waals surface area contributed by atoms with E-state index in [1.54, 1.807) is 0 Å². The van der Waals surface area contributed by atoms with Crippen LogP contribution in [-0.2, 0) is 4.79 Å². The first-order valence-corrected chi connectivity index (χ1v) is 8.47. The number of nitrogens with zero attached hydrogens (tertiary/aromatic N) is 1. The number of halogens is 1. The number of carbonyl (C=O) groups is 1. The van der Waals surface area contributed by atoms with Gasteiger partial charge in [-0.15, -0.1) is 0 Å². The van der Waals surface area contributed by atoms with Crippen molar-refractivity contribution in [3.63, 3.8) is 0 Å². The molecule has 1 fully saturated rings. The summed E-state index contributed by atoms with van der Waals surface area (Å²) >= 11 is 5.98. The molecule has 0 aliphatic heterocycles. The Morgan fingerprint density at radius 3 is 2.19 bits per heavy atom. The molecule has 0 bridgehead atoms. The van der Waals surface area contributed by atoms with Gasteiger partial charge in [0, 0.05) is 22.7 Å². The lowest BCUT2D eigenvalue weighted by Gasteiger charge is -2.37. The van der Waals surface area contributed by atoms with Crippen LogP contribution >= 0.6 is 11.6 Å². The second kappa shape index (κ2) is 7.31. The number of rotatable bonds is 4. The Bertz CT molecular complexity index is 463. The molecule has 1 aliphatic rings. The van der Waals surface area contributed by atoms with Gasteiger partial charge in [0.25, 0.3) is 0 Å². The second-order valence-corrected chi connectivity index (χ2v) is 6.91. The largest absolute Gasteiger partial charge is 0.309 e. The Balaban J connectivity index is 2.26. The predicted molar refractivity (Wildman–Crippen MR) is 89.8 cm³/mol. The quantitative estimate of drug-likeness (QED) is 0.739. The maximum atomic E-state index is 12.7. The summed E-state index contributed by atoms with van der Waals surface area (Å²) in [6.07, 6.45) is 6.38. The molecule has 2 rings (SSSR count). The maximum Gasteiger partial charge on any atom is 0.229 e. The van der Waals surface area contributed by atoms with E-state index in [1.165, 1.54) is 32.1 Å². The summed E-state index contributed by atoms with van der Waals surface area (Å²) in [7, 11) is 0. The van der Waals surface area contributed by atoms with Crippen molar-refractivity contribution in [1.82, 2.24) is 0 Å². The first-order chi connectivity index (χ1) is 10.0. The van der Waals surface area contributed by atoms with E-state index < -0.39 is 0 Å². The fourth-order valence-corrected chi connectivity index (χ4v) is 3.40. The van der Waals surface area contributed by atoms with Gasteiger partial charge < -0.3 is 4.90 Å². The van der Waals surface area contributed by atoms with Crippen molar-refractivity contribution in [3.05, 3.63) is 29.3 Å². The number of hydrogen-bond acceptors (Lipinski definition) is 1. The topological polar surface area (TPSA) is 20.3 Å². The molecule has 0 aromatic heterocycles. The molecule has 0 N–H and O–H groups in total. The lowest BCUT2D eigenvalue weighted by Crippen LogP contribution is -2.45. The van der Waals surface area contributed by atoms with Gasteiger partial charge in [-0.2, -0.15) is 0 Å². The Labute approximate surface area is 133 Å². The molecule has 1 aromatic rings. The number of carbonyl (C=O) groups excluding carboxylic acids is 1. The molecule has 1 aromatic carbocycles. The van der Waals surface area contributed by atoms with Gasteiger partial charge in [0.05, 0.1) is 0 Å². The fraction of sp³-hybridized carbons (Fsp3) is 0.611. The zero-order valence-corrected chi connectivity index (χ0v) is 14.1. The maximum absolute atomic E-state index is 12.7. The van der Waals surface area contributed by atoms with Crippen LogP contribution in [-0.4, -0.2) is 11.9 Å². The zero-order chi connectivity index (χ0) is 15.4. The summed E-state index contributed by atoms with van der Waals surface area (Å²) < 4.78 is 0. The van der Waals surface area contributed by atoms with Crippen LogP contribution in [0.25, 0.3) is 0 Å². The standard InChI is InChI=1S/C18H26ClNO/c1-13(2)18(21)20(17-11-9-16(19)10-12-17)14(3)15-7-5-4-6-8-15/h9-15H,4-8H2,1-3H3/t14-/m0/s1. The third-order valence-corrected chi connectivity index (χ3v) is 4.83. The van der Waals surface area contributed by atoms with Gasteiger partial charge in [-0.1, -0.05) is 44.7 Å². The molecule has 2 nitrogen and oxygen atoms in total. The molecule has 3 heteroatoms. The first kappa shape index (κ1) is 16.4. The van der Waals surface area contributed by atoms with Crippen molar-refractivity contribution in [2.24, 2.45) is 11.8 Å². The highest BCUT2D eigenvalue weighted by molar-refractivity contribution is 6.30. The van der Waals surface area contributed by atoms with Gasteiger partial charge in [-0.05, 0) is 49.9 Å². The van der Waals surface area contributed by atoms with Gasteiger partial charge in [0.15, 0.2) is 0 Å². The minimum atomic E-state index is 0.00622. The summed E-state index contributed by atoms with van der Waals surface area (Å²) in [4.78, 5) is 14.7. The molecule has 1 saturated carbocycles. The van der Waals surface area contributed by atoms with Crippen LogP contribution in [0.5, 0.6) is 0 Å². The summed E-state index contributed by atoms with van der Waals surface area (Å²) in [5.41, 5.74) is 0.969. The molecular weight excluding hydrogens is 282 g/mol. The monoisotopic (exact) mass is 307 g/mol. The molecule has 0 saturated heterocycles. The van der Waals surface area contributed by atoms with Crippen LogP contribution in [0, 0.1) is 11.8 Å². The van der Waals surface area contributed by atoms with E-state index >= 15 is 0 Å². The minimum absolute atomic E-state index is 0.00622. The van der Waals surface area contributed by atoms with Crippen molar-refractivity contribution < 1.29 is 4.79 Å². The van der Waals surface area contributed by atoms with E-state index in [0.717, 1.165) is 5.69 Å². The molecular formula is C18H26ClNO. The molecule has 0 unspecified atom stereocenters. The van der Waals surface area contributed by atoms with E-state index in [-0.39, 0.29) is 17.9 Å². The van der Waals surface area contributed by atoms with Crippen molar-refractivity contribution in [2.75, 3.05) is 4.90 Å². The molecule has 1 aliphatic carbocycles. The van der Waals surface area contributed by atoms with Crippen molar-refractivity contribution in [3.8, 4) is 0 Å². The van der Waals surface area contributed by atoms with Gasteiger partial charge in [0.2, 0.25) is 5.91 Å². The Hall–Kier alpha value is -1.02. The van der Waals surface area contributed by atoms with Crippen LogP contribution in [0.3, 0.4) is 0 Å². The lowest BCUT2D eigenvalue weighted by atomic mass is 9.83. The van der Waals surface area contributed by atoms with Gasteiger partial charge >= 0.3 is 0 Å². The predicted octanol–water partition coefficient (Wildman–Crippen LogP) is 5.30. The van der Waals surface area contributed by atoms with Gasteiger partial charge in [0.1, 0.15) is 0 Å². The number of amides is 1. The molecule has 116 valence electrons. The van der Waals surface area contributed by atoms with Crippen LogP contribution < -0.4 is 4.90 Å². The number of hydrogen-bond donors (Lipinski definition) is 0. The Kier molecular flexibility index (Phi) is 5.69. The van der Waals surface area contributed by atoms with Crippen molar-refractivity contribution >= 4 is 23.2 Å². The van der Waals surface area contributed by atoms with E-state index in [0.29, 0.717) is 10.9 Å². The van der Waals surface area contributed by atoms with E-state index in [1.807, 2.05) is 43.0 Å².